The third kappa shape index (κ3) is 2.82. The van der Waals surface area contributed by atoms with Gasteiger partial charge in [0.1, 0.15) is 0 Å². The number of aliphatic hydroxyl groups is 2. The minimum Gasteiger partial charge on any atom is -0.392 e. The number of piperidine rings is 2. The van der Waals surface area contributed by atoms with Gasteiger partial charge in [0.2, 0.25) is 11.8 Å². The highest BCUT2D eigenvalue weighted by Gasteiger charge is 2.58. The maximum atomic E-state index is 13.3. The Hall–Kier alpha value is -1.14. The van der Waals surface area contributed by atoms with Crippen molar-refractivity contribution in [3.8, 4) is 0 Å². The van der Waals surface area contributed by atoms with E-state index in [-0.39, 0.29) is 17.2 Å². The van der Waals surface area contributed by atoms with Gasteiger partial charge in [-0.3, -0.25) is 9.59 Å². The molecule has 6 heteroatoms. The number of carbonyl (C=O) groups is 2. The molecule has 4 bridgehead atoms. The van der Waals surface area contributed by atoms with Crippen molar-refractivity contribution in [2.24, 2.45) is 22.7 Å². The van der Waals surface area contributed by atoms with Crippen LogP contribution in [0.3, 0.4) is 0 Å². The molecule has 0 aromatic heterocycles. The number of aliphatic hydroxyl groups excluding tert-OH is 1. The first kappa shape index (κ1) is 17.9. The molecule has 0 aromatic rings. The maximum absolute atomic E-state index is 13.3. The summed E-state index contributed by atoms with van der Waals surface area (Å²) in [6, 6.07) is 0. The summed E-state index contributed by atoms with van der Waals surface area (Å²) in [6.45, 7) is 1.53. The molecule has 2 unspecified atom stereocenters. The molecule has 4 aliphatic carbocycles. The van der Waals surface area contributed by atoms with Gasteiger partial charge in [-0.15, -0.1) is 0 Å². The zero-order valence-corrected chi connectivity index (χ0v) is 16.1. The second-order valence-corrected chi connectivity index (χ2v) is 10.5. The molecular formula is C21H32N2O4. The zero-order chi connectivity index (χ0) is 18.9. The Bertz CT molecular complexity index is 651. The predicted octanol–water partition coefficient (Wildman–Crippen LogP) is 1.20. The van der Waals surface area contributed by atoms with Crippen molar-refractivity contribution in [1.29, 1.82) is 0 Å². The number of hydrogen-bond donors (Lipinski definition) is 3. The van der Waals surface area contributed by atoms with E-state index in [1.807, 2.05) is 4.90 Å². The average molecular weight is 376 g/mol. The van der Waals surface area contributed by atoms with E-state index in [2.05, 4.69) is 5.32 Å². The van der Waals surface area contributed by atoms with Gasteiger partial charge in [-0.1, -0.05) is 0 Å². The maximum Gasteiger partial charge on any atom is 0.230 e. The van der Waals surface area contributed by atoms with E-state index in [1.165, 1.54) is 6.42 Å². The molecule has 6 fully saturated rings. The van der Waals surface area contributed by atoms with E-state index < -0.39 is 17.1 Å². The molecule has 150 valence electrons. The number of amides is 2. The number of nitrogens with one attached hydrogen (secondary N) is 1. The Kier molecular flexibility index (Phi) is 3.94. The van der Waals surface area contributed by atoms with Gasteiger partial charge >= 0.3 is 0 Å². The van der Waals surface area contributed by atoms with Gasteiger partial charge in [0, 0.05) is 26.1 Å². The first-order valence-electron chi connectivity index (χ1n) is 10.8. The fourth-order valence-corrected chi connectivity index (χ4v) is 7.70. The second-order valence-electron chi connectivity index (χ2n) is 10.5. The fourth-order valence-electron chi connectivity index (χ4n) is 7.70. The molecule has 27 heavy (non-hydrogen) atoms. The van der Waals surface area contributed by atoms with Crippen LogP contribution in [0.25, 0.3) is 0 Å². The smallest absolute Gasteiger partial charge is 0.230 e. The van der Waals surface area contributed by atoms with Crippen LogP contribution in [-0.4, -0.2) is 58.3 Å². The van der Waals surface area contributed by atoms with Crippen molar-refractivity contribution in [3.05, 3.63) is 0 Å². The lowest BCUT2D eigenvalue weighted by atomic mass is 9.47. The molecule has 3 N–H and O–H groups in total. The van der Waals surface area contributed by atoms with E-state index in [0.29, 0.717) is 50.7 Å². The SMILES string of the molecule is O=C(CC12CC3CC(CC(O)(C3)C1)C2)N1CC[C@H](O)[C@@]2(CCCNC2=O)C1. The number of hydrogen-bond acceptors (Lipinski definition) is 4. The predicted molar refractivity (Wildman–Crippen MR) is 98.6 cm³/mol. The molecule has 6 aliphatic rings. The summed E-state index contributed by atoms with van der Waals surface area (Å²) in [6.07, 6.45) is 7.76. The van der Waals surface area contributed by atoms with Gasteiger partial charge < -0.3 is 20.4 Å². The molecule has 2 aliphatic heterocycles. The van der Waals surface area contributed by atoms with E-state index in [1.54, 1.807) is 0 Å². The Labute approximate surface area is 160 Å². The highest BCUT2D eigenvalue weighted by Crippen LogP contribution is 2.63. The topological polar surface area (TPSA) is 89.9 Å². The average Bonchev–Trinajstić information content (AvgIpc) is 2.57. The van der Waals surface area contributed by atoms with Crippen molar-refractivity contribution < 1.29 is 19.8 Å². The summed E-state index contributed by atoms with van der Waals surface area (Å²) in [5.74, 6) is 1.17. The van der Waals surface area contributed by atoms with E-state index >= 15 is 0 Å². The van der Waals surface area contributed by atoms with Crippen LogP contribution < -0.4 is 5.32 Å². The van der Waals surface area contributed by atoms with Crippen molar-refractivity contribution >= 4 is 11.8 Å². The Morgan fingerprint density at radius 2 is 1.96 bits per heavy atom. The molecule has 4 saturated carbocycles. The monoisotopic (exact) mass is 376 g/mol. The molecular weight excluding hydrogens is 344 g/mol. The number of rotatable bonds is 2. The van der Waals surface area contributed by atoms with Gasteiger partial charge in [-0.05, 0) is 75.0 Å². The lowest BCUT2D eigenvalue weighted by molar-refractivity contribution is -0.175. The lowest BCUT2D eigenvalue weighted by Crippen LogP contribution is -2.62. The van der Waals surface area contributed by atoms with Crippen LogP contribution in [0.2, 0.25) is 0 Å². The first-order valence-corrected chi connectivity index (χ1v) is 10.8. The van der Waals surface area contributed by atoms with Gasteiger partial charge in [-0.25, -0.2) is 0 Å². The Morgan fingerprint density at radius 3 is 2.63 bits per heavy atom. The van der Waals surface area contributed by atoms with Crippen molar-refractivity contribution in [2.45, 2.75) is 75.9 Å². The van der Waals surface area contributed by atoms with Crippen LogP contribution in [0.1, 0.15) is 64.2 Å². The normalized spacial score (nSPS) is 48.7. The summed E-state index contributed by atoms with van der Waals surface area (Å²) in [5.41, 5.74) is -1.42. The lowest BCUT2D eigenvalue weighted by Gasteiger charge is -2.60. The Balaban J connectivity index is 1.32. The summed E-state index contributed by atoms with van der Waals surface area (Å²) >= 11 is 0. The van der Waals surface area contributed by atoms with Crippen LogP contribution in [0.15, 0.2) is 0 Å². The van der Waals surface area contributed by atoms with Crippen molar-refractivity contribution in [3.63, 3.8) is 0 Å². The molecule has 6 nitrogen and oxygen atoms in total. The zero-order valence-electron chi connectivity index (χ0n) is 16.1. The summed E-state index contributed by atoms with van der Waals surface area (Å²) in [4.78, 5) is 27.7. The quantitative estimate of drug-likeness (QED) is 0.675. The van der Waals surface area contributed by atoms with Gasteiger partial charge in [-0.2, -0.15) is 0 Å². The second kappa shape index (κ2) is 5.93. The standard InChI is InChI=1S/C21H32N2O4/c24-16-2-5-23(13-21(16)3-1-4-22-18(21)26)17(25)11-19-7-14-6-15(8-19)10-20(27,9-14)12-19/h14-16,24,27H,1-13H2,(H,22,26)/t14?,15?,16-,19?,20?,21+/m0/s1. The van der Waals surface area contributed by atoms with Gasteiger partial charge in [0.25, 0.3) is 0 Å². The van der Waals surface area contributed by atoms with E-state index in [4.69, 9.17) is 0 Å². The van der Waals surface area contributed by atoms with Crippen molar-refractivity contribution in [2.75, 3.05) is 19.6 Å². The molecule has 0 radical (unpaired) electrons. The third-order valence-electron chi connectivity index (χ3n) is 8.35. The van der Waals surface area contributed by atoms with Crippen LogP contribution in [0.5, 0.6) is 0 Å². The van der Waals surface area contributed by atoms with Crippen LogP contribution in [0, 0.1) is 22.7 Å². The van der Waals surface area contributed by atoms with E-state index in [9.17, 15) is 19.8 Å². The summed E-state index contributed by atoms with van der Waals surface area (Å²) in [7, 11) is 0. The summed E-state index contributed by atoms with van der Waals surface area (Å²) < 4.78 is 0. The molecule has 0 aromatic carbocycles. The highest BCUT2D eigenvalue weighted by molar-refractivity contribution is 5.86. The molecule has 4 atom stereocenters. The molecule has 2 heterocycles. The fraction of sp³-hybridized carbons (Fsp3) is 0.905. The minimum absolute atomic E-state index is 0.0477. The summed E-state index contributed by atoms with van der Waals surface area (Å²) in [5, 5.41) is 24.4. The molecule has 1 spiro atoms. The number of likely N-dealkylation sites (tertiary alicyclic amines) is 1. The Morgan fingerprint density at radius 1 is 1.22 bits per heavy atom. The largest absolute Gasteiger partial charge is 0.392 e. The number of nitrogens with zero attached hydrogens (tertiary/aromatic N) is 1. The highest BCUT2D eigenvalue weighted by atomic mass is 16.3. The van der Waals surface area contributed by atoms with Gasteiger partial charge in [0.15, 0.2) is 0 Å². The van der Waals surface area contributed by atoms with Crippen molar-refractivity contribution in [1.82, 2.24) is 10.2 Å². The number of carbonyl (C=O) groups excluding carboxylic acids is 2. The van der Waals surface area contributed by atoms with E-state index in [0.717, 1.165) is 38.5 Å². The molecule has 6 rings (SSSR count). The minimum atomic E-state index is -0.828. The van der Waals surface area contributed by atoms with Crippen LogP contribution in [0.4, 0.5) is 0 Å². The molecule has 2 saturated heterocycles. The van der Waals surface area contributed by atoms with Crippen LogP contribution in [-0.2, 0) is 9.59 Å². The van der Waals surface area contributed by atoms with Crippen LogP contribution >= 0.6 is 0 Å². The molecule has 2 amide bonds. The third-order valence-corrected chi connectivity index (χ3v) is 8.35. The van der Waals surface area contributed by atoms with Gasteiger partial charge in [0.05, 0.1) is 17.1 Å². The first-order chi connectivity index (χ1) is 12.8.